The van der Waals surface area contributed by atoms with Gasteiger partial charge in [-0.25, -0.2) is 4.98 Å². The summed E-state index contributed by atoms with van der Waals surface area (Å²) in [7, 11) is 1.63. The minimum absolute atomic E-state index is 0.0959. The highest BCUT2D eigenvalue weighted by Gasteiger charge is 2.11. The number of nitrogens with zero attached hydrogens (tertiary/aromatic N) is 1. The van der Waals surface area contributed by atoms with Gasteiger partial charge < -0.3 is 9.47 Å². The van der Waals surface area contributed by atoms with Crippen LogP contribution in [0.3, 0.4) is 0 Å². The van der Waals surface area contributed by atoms with E-state index >= 15 is 0 Å². The summed E-state index contributed by atoms with van der Waals surface area (Å²) in [4.78, 5) is 16.9. The highest BCUT2D eigenvalue weighted by Crippen LogP contribution is 2.30. The van der Waals surface area contributed by atoms with E-state index in [9.17, 15) is 4.79 Å². The van der Waals surface area contributed by atoms with Crippen LogP contribution in [-0.2, 0) is 4.79 Å². The largest absolute Gasteiger partial charge is 0.497 e. The van der Waals surface area contributed by atoms with Crippen LogP contribution in [-0.4, -0.2) is 24.6 Å². The molecule has 30 heavy (non-hydrogen) atoms. The topological polar surface area (TPSA) is 60.5 Å². The zero-order chi connectivity index (χ0) is 20.8. The Morgan fingerprint density at radius 1 is 0.933 bits per heavy atom. The van der Waals surface area contributed by atoms with Crippen LogP contribution < -0.4 is 14.8 Å². The predicted octanol–water partition coefficient (Wildman–Crippen LogP) is 5.50. The van der Waals surface area contributed by atoms with Gasteiger partial charge in [0.15, 0.2) is 11.7 Å². The highest BCUT2D eigenvalue weighted by atomic mass is 32.1. The van der Waals surface area contributed by atoms with Gasteiger partial charge in [-0.15, -0.1) is 11.3 Å². The number of methoxy groups -OCH3 is 1. The number of aromatic nitrogens is 1. The molecule has 4 rings (SSSR count). The Morgan fingerprint density at radius 3 is 2.43 bits per heavy atom. The molecule has 0 aliphatic rings. The van der Waals surface area contributed by atoms with Gasteiger partial charge >= 0.3 is 0 Å². The van der Waals surface area contributed by atoms with Crippen LogP contribution in [0.15, 0.2) is 84.2 Å². The first-order valence-electron chi connectivity index (χ1n) is 9.40. The van der Waals surface area contributed by atoms with Gasteiger partial charge in [-0.05, 0) is 35.9 Å². The summed E-state index contributed by atoms with van der Waals surface area (Å²) in [5.41, 5.74) is 3.74. The number of para-hydroxylation sites is 1. The maximum Gasteiger partial charge on any atom is 0.264 e. The molecule has 0 aliphatic heterocycles. The second-order valence-corrected chi connectivity index (χ2v) is 7.32. The van der Waals surface area contributed by atoms with E-state index < -0.39 is 0 Å². The number of hydrogen-bond acceptors (Lipinski definition) is 5. The molecule has 4 aromatic rings. The molecule has 0 saturated carbocycles. The van der Waals surface area contributed by atoms with Crippen LogP contribution in [0.4, 0.5) is 5.13 Å². The van der Waals surface area contributed by atoms with Crippen molar-refractivity contribution in [3.05, 3.63) is 84.2 Å². The number of amides is 1. The second kappa shape index (κ2) is 9.24. The first-order valence-corrected chi connectivity index (χ1v) is 10.3. The molecule has 1 N–H and O–H groups in total. The Kier molecular flexibility index (Phi) is 6.06. The minimum Gasteiger partial charge on any atom is -0.497 e. The number of hydrogen-bond donors (Lipinski definition) is 1. The summed E-state index contributed by atoms with van der Waals surface area (Å²) in [6, 6.07) is 25.2. The smallest absolute Gasteiger partial charge is 0.264 e. The summed E-state index contributed by atoms with van der Waals surface area (Å²) >= 11 is 1.37. The van der Waals surface area contributed by atoms with E-state index in [4.69, 9.17) is 9.47 Å². The molecule has 0 radical (unpaired) electrons. The number of nitrogens with one attached hydrogen (secondary N) is 1. The summed E-state index contributed by atoms with van der Waals surface area (Å²) in [6.45, 7) is -0.0959. The lowest BCUT2D eigenvalue weighted by atomic mass is 10.1. The van der Waals surface area contributed by atoms with Crippen molar-refractivity contribution in [2.24, 2.45) is 0 Å². The molecule has 1 amide bonds. The summed E-state index contributed by atoms with van der Waals surface area (Å²) in [5, 5.41) is 5.24. The quantitative estimate of drug-likeness (QED) is 0.432. The molecule has 6 heteroatoms. The molecule has 3 aromatic carbocycles. The molecule has 0 spiro atoms. The van der Waals surface area contributed by atoms with Crippen LogP contribution >= 0.6 is 11.3 Å². The Bertz CT molecular complexity index is 1120. The van der Waals surface area contributed by atoms with E-state index in [1.807, 2.05) is 84.2 Å². The molecule has 0 fully saturated rings. The number of thiazole rings is 1. The predicted molar refractivity (Wildman–Crippen MR) is 120 cm³/mol. The fourth-order valence-corrected chi connectivity index (χ4v) is 3.71. The third-order valence-corrected chi connectivity index (χ3v) is 5.22. The molecule has 0 saturated heterocycles. The molecule has 5 nitrogen and oxygen atoms in total. The summed E-state index contributed by atoms with van der Waals surface area (Å²) in [5.74, 6) is 1.20. The fourth-order valence-electron chi connectivity index (χ4n) is 2.97. The zero-order valence-corrected chi connectivity index (χ0v) is 17.2. The monoisotopic (exact) mass is 416 g/mol. The van der Waals surface area contributed by atoms with Gasteiger partial charge in [0.2, 0.25) is 0 Å². The number of carbonyl (C=O) groups is 1. The third kappa shape index (κ3) is 4.67. The van der Waals surface area contributed by atoms with Crippen LogP contribution in [0.5, 0.6) is 11.5 Å². The van der Waals surface area contributed by atoms with Crippen molar-refractivity contribution in [2.45, 2.75) is 0 Å². The Labute approximate surface area is 178 Å². The molecule has 0 aliphatic carbocycles. The third-order valence-electron chi connectivity index (χ3n) is 4.47. The molecule has 150 valence electrons. The molecule has 1 aromatic heterocycles. The molecule has 0 atom stereocenters. The molecular formula is C24H20N2O3S. The molecule has 0 bridgehead atoms. The van der Waals surface area contributed by atoms with Gasteiger partial charge in [0.25, 0.3) is 5.91 Å². The fraction of sp³-hybridized carbons (Fsp3) is 0.0833. The SMILES string of the molecule is COc1ccc(-c2csc(NC(=O)COc3ccccc3-c3ccccc3)n2)cc1. The van der Waals surface area contributed by atoms with Gasteiger partial charge in [0.1, 0.15) is 11.5 Å². The number of carbonyl (C=O) groups excluding carboxylic acids is 1. The van der Waals surface area contributed by atoms with E-state index in [0.29, 0.717) is 10.9 Å². The molecule has 0 unspecified atom stereocenters. The van der Waals surface area contributed by atoms with Gasteiger partial charge in [-0.3, -0.25) is 10.1 Å². The number of rotatable bonds is 7. The van der Waals surface area contributed by atoms with E-state index in [2.05, 4.69) is 10.3 Å². The first-order chi connectivity index (χ1) is 14.7. The summed E-state index contributed by atoms with van der Waals surface area (Å²) < 4.78 is 11.0. The van der Waals surface area contributed by atoms with Crippen molar-refractivity contribution in [1.82, 2.24) is 4.98 Å². The lowest BCUT2D eigenvalue weighted by Crippen LogP contribution is -2.20. The minimum atomic E-state index is -0.256. The second-order valence-electron chi connectivity index (χ2n) is 6.47. The Morgan fingerprint density at radius 2 is 1.67 bits per heavy atom. The summed E-state index contributed by atoms with van der Waals surface area (Å²) in [6.07, 6.45) is 0. The molecule has 1 heterocycles. The number of anilines is 1. The Balaban J connectivity index is 1.39. The normalized spacial score (nSPS) is 10.4. The van der Waals surface area contributed by atoms with Gasteiger partial charge in [-0.1, -0.05) is 48.5 Å². The maximum absolute atomic E-state index is 12.4. The lowest BCUT2D eigenvalue weighted by Gasteiger charge is -2.11. The van der Waals surface area contributed by atoms with Crippen LogP contribution in [0.25, 0.3) is 22.4 Å². The molecular weight excluding hydrogens is 396 g/mol. The van der Waals surface area contributed by atoms with E-state index in [1.54, 1.807) is 7.11 Å². The average molecular weight is 417 g/mol. The van der Waals surface area contributed by atoms with Gasteiger partial charge in [0.05, 0.1) is 12.8 Å². The van der Waals surface area contributed by atoms with Crippen molar-refractivity contribution in [3.63, 3.8) is 0 Å². The van der Waals surface area contributed by atoms with Gasteiger partial charge in [0, 0.05) is 16.5 Å². The first kappa shape index (κ1) is 19.7. The van der Waals surface area contributed by atoms with E-state index in [-0.39, 0.29) is 12.5 Å². The van der Waals surface area contributed by atoms with Crippen LogP contribution in [0.1, 0.15) is 0 Å². The number of ether oxygens (including phenoxy) is 2. The maximum atomic E-state index is 12.4. The average Bonchev–Trinajstić information content (AvgIpc) is 3.27. The Hall–Kier alpha value is -3.64. The van der Waals surface area contributed by atoms with Crippen molar-refractivity contribution in [2.75, 3.05) is 19.0 Å². The van der Waals surface area contributed by atoms with Crippen molar-refractivity contribution >= 4 is 22.4 Å². The van der Waals surface area contributed by atoms with Crippen LogP contribution in [0, 0.1) is 0 Å². The van der Waals surface area contributed by atoms with Gasteiger partial charge in [-0.2, -0.15) is 0 Å². The highest BCUT2D eigenvalue weighted by molar-refractivity contribution is 7.14. The van der Waals surface area contributed by atoms with Crippen molar-refractivity contribution in [1.29, 1.82) is 0 Å². The standard InChI is InChI=1S/C24H20N2O3S/c1-28-19-13-11-18(12-14-19)21-16-30-24(25-21)26-23(27)15-29-22-10-6-5-9-20(22)17-7-3-2-4-8-17/h2-14,16H,15H2,1H3,(H,25,26,27). The number of benzene rings is 3. The lowest BCUT2D eigenvalue weighted by molar-refractivity contribution is -0.118. The van der Waals surface area contributed by atoms with Crippen molar-refractivity contribution < 1.29 is 14.3 Å². The van der Waals surface area contributed by atoms with Crippen LogP contribution in [0.2, 0.25) is 0 Å². The van der Waals surface area contributed by atoms with Crippen molar-refractivity contribution in [3.8, 4) is 33.9 Å². The van der Waals surface area contributed by atoms with E-state index in [1.165, 1.54) is 11.3 Å². The zero-order valence-electron chi connectivity index (χ0n) is 16.4. The van der Waals surface area contributed by atoms with E-state index in [0.717, 1.165) is 28.1 Å².